The predicted molar refractivity (Wildman–Crippen MR) is 56.6 cm³/mol. The minimum Gasteiger partial charge on any atom is -0.465 e. The van der Waals surface area contributed by atoms with Crippen LogP contribution in [0.4, 0.5) is 9.59 Å². The summed E-state index contributed by atoms with van der Waals surface area (Å²) >= 11 is 0. The predicted octanol–water partition coefficient (Wildman–Crippen LogP) is 0.553. The van der Waals surface area contributed by atoms with Crippen LogP contribution in [0, 0.1) is 0 Å². The highest BCUT2D eigenvalue weighted by Gasteiger charge is 2.44. The fourth-order valence-corrected chi connectivity index (χ4v) is 2.54. The van der Waals surface area contributed by atoms with Crippen molar-refractivity contribution in [3.8, 4) is 0 Å². The molecule has 7 heteroatoms. The second kappa shape index (κ2) is 4.79. The fourth-order valence-electron chi connectivity index (χ4n) is 2.54. The van der Waals surface area contributed by atoms with Gasteiger partial charge in [0.25, 0.3) is 0 Å². The van der Waals surface area contributed by atoms with Crippen LogP contribution in [0.25, 0.3) is 0 Å². The van der Waals surface area contributed by atoms with Crippen LogP contribution in [-0.4, -0.2) is 66.2 Å². The molecule has 0 unspecified atom stereocenters. The molecule has 17 heavy (non-hydrogen) atoms. The number of likely N-dealkylation sites (tertiary alicyclic amines) is 1. The lowest BCUT2D eigenvalue weighted by atomic mass is 10.2. The topological polar surface area (TPSA) is 79.3 Å². The fraction of sp³-hybridized carbons (Fsp3) is 0.800. The molecule has 0 aromatic rings. The number of fused-ring (bicyclic) bond motifs is 2. The third-order valence-corrected chi connectivity index (χ3v) is 3.26. The Morgan fingerprint density at radius 3 is 2.35 bits per heavy atom. The number of hydrogen-bond donors (Lipinski definition) is 1. The van der Waals surface area contributed by atoms with Crippen LogP contribution in [0.5, 0.6) is 0 Å². The van der Waals surface area contributed by atoms with Crippen molar-refractivity contribution in [2.45, 2.75) is 24.9 Å². The Kier molecular flexibility index (Phi) is 3.37. The molecule has 2 fully saturated rings. The lowest BCUT2D eigenvalue weighted by Gasteiger charge is -2.38. The molecular formula is C10H16N2O5. The van der Waals surface area contributed by atoms with Crippen LogP contribution in [-0.2, 0) is 9.47 Å². The minimum absolute atomic E-state index is 0.0609. The van der Waals surface area contributed by atoms with E-state index in [2.05, 4.69) is 4.74 Å². The van der Waals surface area contributed by atoms with E-state index in [0.717, 1.165) is 12.8 Å². The Morgan fingerprint density at radius 1 is 1.29 bits per heavy atom. The number of methoxy groups -OCH3 is 1. The number of carboxylic acid groups (broad SMARTS) is 1. The normalized spacial score (nSPS) is 27.1. The first-order chi connectivity index (χ1) is 8.13. The number of hydrogen-bond acceptors (Lipinski definition) is 4. The quantitative estimate of drug-likeness (QED) is 0.718. The molecule has 2 aliphatic heterocycles. The molecule has 96 valence electrons. The van der Waals surface area contributed by atoms with Gasteiger partial charge >= 0.3 is 12.2 Å². The van der Waals surface area contributed by atoms with Gasteiger partial charge in [-0.05, 0) is 12.8 Å². The van der Waals surface area contributed by atoms with Gasteiger partial charge in [0.05, 0.1) is 12.1 Å². The zero-order valence-corrected chi connectivity index (χ0v) is 9.66. The van der Waals surface area contributed by atoms with E-state index in [1.807, 2.05) is 0 Å². The first kappa shape index (κ1) is 12.0. The molecule has 0 radical (unpaired) electrons. The Morgan fingerprint density at radius 2 is 1.88 bits per heavy atom. The molecule has 2 bridgehead atoms. The number of carbonyl (C=O) groups excluding carboxylic acids is 1. The molecule has 1 N–H and O–H groups in total. The average molecular weight is 244 g/mol. The van der Waals surface area contributed by atoms with Crippen LogP contribution in [0.3, 0.4) is 0 Å². The molecule has 2 rings (SSSR count). The maximum atomic E-state index is 11.8. The molecule has 2 amide bonds. The van der Waals surface area contributed by atoms with Crippen LogP contribution >= 0.6 is 0 Å². The summed E-state index contributed by atoms with van der Waals surface area (Å²) in [5.74, 6) is 0. The maximum absolute atomic E-state index is 11.8. The lowest BCUT2D eigenvalue weighted by molar-refractivity contribution is -0.0207. The van der Waals surface area contributed by atoms with Crippen LogP contribution in [0.1, 0.15) is 12.8 Å². The molecule has 7 nitrogen and oxygen atoms in total. The summed E-state index contributed by atoms with van der Waals surface area (Å²) in [5.41, 5.74) is 0. The molecule has 2 aliphatic rings. The Bertz CT molecular complexity index is 308. The third-order valence-electron chi connectivity index (χ3n) is 3.26. The van der Waals surface area contributed by atoms with Gasteiger partial charge in [-0.2, -0.15) is 0 Å². The molecule has 2 heterocycles. The Hall–Kier alpha value is -1.50. The van der Waals surface area contributed by atoms with Gasteiger partial charge in [-0.25, -0.2) is 9.59 Å². The molecule has 0 aromatic heterocycles. The first-order valence-electron chi connectivity index (χ1n) is 5.55. The van der Waals surface area contributed by atoms with Crippen molar-refractivity contribution in [1.29, 1.82) is 0 Å². The van der Waals surface area contributed by atoms with Crippen LogP contribution in [0.2, 0.25) is 0 Å². The van der Waals surface area contributed by atoms with E-state index in [1.54, 1.807) is 4.90 Å². The average Bonchev–Trinajstić information content (AvgIpc) is 2.56. The highest BCUT2D eigenvalue weighted by Crippen LogP contribution is 2.30. The van der Waals surface area contributed by atoms with Crippen LogP contribution < -0.4 is 0 Å². The summed E-state index contributed by atoms with van der Waals surface area (Å²) < 4.78 is 9.59. The molecular weight excluding hydrogens is 228 g/mol. The van der Waals surface area contributed by atoms with E-state index in [9.17, 15) is 9.59 Å². The number of carbonyl (C=O) groups is 2. The van der Waals surface area contributed by atoms with Crippen molar-refractivity contribution in [3.05, 3.63) is 0 Å². The van der Waals surface area contributed by atoms with Gasteiger partial charge in [0, 0.05) is 20.2 Å². The zero-order chi connectivity index (χ0) is 12.4. The number of ether oxygens (including phenoxy) is 2. The standard InChI is InChI=1S/C10H16N2O5/c1-16-6-17-10(15)12-7-2-3-8(12)5-11(4-7)9(13)14/h7-8H,2-6H2,1H3,(H,13,14)/t7-,8-/m0/s1. The number of amides is 2. The van der Waals surface area contributed by atoms with Gasteiger partial charge in [-0.1, -0.05) is 0 Å². The van der Waals surface area contributed by atoms with Gasteiger partial charge in [-0.3, -0.25) is 4.90 Å². The second-order valence-electron chi connectivity index (χ2n) is 4.30. The van der Waals surface area contributed by atoms with Crippen molar-refractivity contribution < 1.29 is 24.2 Å². The largest absolute Gasteiger partial charge is 0.465 e. The van der Waals surface area contributed by atoms with Crippen molar-refractivity contribution in [1.82, 2.24) is 9.80 Å². The van der Waals surface area contributed by atoms with Crippen molar-refractivity contribution >= 4 is 12.2 Å². The molecule has 0 aromatic carbocycles. The lowest BCUT2D eigenvalue weighted by Crippen LogP contribution is -2.57. The summed E-state index contributed by atoms with van der Waals surface area (Å²) in [7, 11) is 1.45. The van der Waals surface area contributed by atoms with E-state index in [4.69, 9.17) is 9.84 Å². The molecule has 0 spiro atoms. The Balaban J connectivity index is 1.98. The van der Waals surface area contributed by atoms with Gasteiger partial charge in [-0.15, -0.1) is 0 Å². The van der Waals surface area contributed by atoms with Crippen LogP contribution in [0.15, 0.2) is 0 Å². The number of nitrogens with zero attached hydrogens (tertiary/aromatic N) is 2. The monoisotopic (exact) mass is 244 g/mol. The smallest absolute Gasteiger partial charge is 0.412 e. The molecule has 0 aliphatic carbocycles. The van der Waals surface area contributed by atoms with Gasteiger partial charge in [0.15, 0.2) is 6.79 Å². The number of piperazine rings is 1. The van der Waals surface area contributed by atoms with Crippen molar-refractivity contribution in [2.75, 3.05) is 27.0 Å². The van der Waals surface area contributed by atoms with E-state index in [-0.39, 0.29) is 18.9 Å². The number of rotatable bonds is 2. The second-order valence-corrected chi connectivity index (χ2v) is 4.30. The highest BCUT2D eigenvalue weighted by molar-refractivity contribution is 5.70. The molecule has 2 saturated heterocycles. The molecule has 0 saturated carbocycles. The summed E-state index contributed by atoms with van der Waals surface area (Å²) in [6.45, 7) is 0.666. The summed E-state index contributed by atoms with van der Waals surface area (Å²) in [5, 5.41) is 8.94. The van der Waals surface area contributed by atoms with E-state index >= 15 is 0 Å². The van der Waals surface area contributed by atoms with Crippen molar-refractivity contribution in [3.63, 3.8) is 0 Å². The minimum atomic E-state index is -0.924. The zero-order valence-electron chi connectivity index (χ0n) is 9.66. The maximum Gasteiger partial charge on any atom is 0.412 e. The SMILES string of the molecule is COCOC(=O)N1[C@H]2CC[C@H]1CN(C(=O)O)C2. The first-order valence-corrected chi connectivity index (χ1v) is 5.55. The molecule has 2 atom stereocenters. The summed E-state index contributed by atoms with van der Waals surface area (Å²) in [6.07, 6.45) is 0.323. The summed E-state index contributed by atoms with van der Waals surface area (Å²) in [4.78, 5) is 25.7. The van der Waals surface area contributed by atoms with E-state index in [0.29, 0.717) is 13.1 Å². The highest BCUT2D eigenvalue weighted by atomic mass is 16.7. The summed E-state index contributed by atoms with van der Waals surface area (Å²) in [6, 6.07) is -0.122. The third kappa shape index (κ3) is 2.28. The van der Waals surface area contributed by atoms with E-state index in [1.165, 1.54) is 12.0 Å². The van der Waals surface area contributed by atoms with Gasteiger partial charge < -0.3 is 19.5 Å². The van der Waals surface area contributed by atoms with Gasteiger partial charge in [0.1, 0.15) is 0 Å². The van der Waals surface area contributed by atoms with Crippen molar-refractivity contribution in [2.24, 2.45) is 0 Å². The van der Waals surface area contributed by atoms with Gasteiger partial charge in [0.2, 0.25) is 0 Å². The Labute approximate surface area is 98.9 Å². The van der Waals surface area contributed by atoms with E-state index < -0.39 is 12.2 Å².